The van der Waals surface area contributed by atoms with Gasteiger partial charge in [0.15, 0.2) is 0 Å². The van der Waals surface area contributed by atoms with Gasteiger partial charge in [0, 0.05) is 30.9 Å². The van der Waals surface area contributed by atoms with Crippen LogP contribution in [0.2, 0.25) is 5.15 Å². The molecule has 8 nitrogen and oxygen atoms in total. The lowest BCUT2D eigenvalue weighted by molar-refractivity contribution is -0.140. The third-order valence-corrected chi connectivity index (χ3v) is 6.53. The van der Waals surface area contributed by atoms with Crippen LogP contribution in [0.25, 0.3) is 6.08 Å². The number of amides is 2. The van der Waals surface area contributed by atoms with Crippen LogP contribution in [0.15, 0.2) is 51.2 Å². The van der Waals surface area contributed by atoms with Gasteiger partial charge in [-0.05, 0) is 63.6 Å². The normalized spacial score (nSPS) is 15.6. The van der Waals surface area contributed by atoms with Gasteiger partial charge in [-0.25, -0.2) is 4.98 Å². The molecule has 1 aliphatic rings. The molecule has 0 unspecified atom stereocenters. The summed E-state index contributed by atoms with van der Waals surface area (Å²) >= 11 is 7.43. The Morgan fingerprint density at radius 1 is 1.15 bits per heavy atom. The SMILES string of the molecule is CCN1C(=O)C(C#N)=C(C)/C(=C\c2sc(N=Nc3ccc(N(CC)CC)cc3)nc2Cl)C1=O. The molecule has 3 rings (SSSR count). The molecule has 0 N–H and O–H groups in total. The van der Waals surface area contributed by atoms with Crippen LogP contribution in [0.3, 0.4) is 0 Å². The smallest absolute Gasteiger partial charge is 0.271 e. The van der Waals surface area contributed by atoms with E-state index in [0.29, 0.717) is 21.3 Å². The molecule has 0 radical (unpaired) electrons. The van der Waals surface area contributed by atoms with Gasteiger partial charge in [0.05, 0.1) is 10.6 Å². The number of hydrogen-bond acceptors (Lipinski definition) is 8. The number of rotatable bonds is 7. The monoisotopic (exact) mass is 482 g/mol. The molecular formula is C23H23ClN6O2S. The first-order chi connectivity index (χ1) is 15.8. The van der Waals surface area contributed by atoms with E-state index in [1.54, 1.807) is 19.9 Å². The molecule has 1 aromatic heterocycles. The summed E-state index contributed by atoms with van der Waals surface area (Å²) in [5, 5.41) is 18.3. The molecule has 1 aliphatic heterocycles. The molecule has 0 saturated heterocycles. The number of azo groups is 1. The standard InChI is InChI=1S/C23H23ClN6O2S/c1-5-29(6-2)16-10-8-15(9-11-16)27-28-23-26-20(24)19(33-23)12-17-14(4)18(13-25)22(32)30(7-3)21(17)31/h8-12H,5-7H2,1-4H3/b17-12+,28-27?. The molecule has 10 heteroatoms. The van der Waals surface area contributed by atoms with Crippen LogP contribution < -0.4 is 4.90 Å². The molecule has 2 heterocycles. The van der Waals surface area contributed by atoms with Gasteiger partial charge in [0.2, 0.25) is 5.13 Å². The number of thiazole rings is 1. The zero-order valence-corrected chi connectivity index (χ0v) is 20.4. The predicted molar refractivity (Wildman–Crippen MR) is 130 cm³/mol. The first-order valence-electron chi connectivity index (χ1n) is 10.5. The highest BCUT2D eigenvalue weighted by atomic mass is 35.5. The maximum atomic E-state index is 12.8. The molecule has 2 aromatic rings. The van der Waals surface area contributed by atoms with E-state index < -0.39 is 11.8 Å². The number of likely N-dealkylation sites (N-methyl/N-ethyl adjacent to an activating group) is 1. The van der Waals surface area contributed by atoms with Crippen molar-refractivity contribution in [3.05, 3.63) is 51.0 Å². The van der Waals surface area contributed by atoms with Crippen molar-refractivity contribution in [3.8, 4) is 6.07 Å². The number of hydrogen-bond donors (Lipinski definition) is 0. The Bertz CT molecular complexity index is 1200. The van der Waals surface area contributed by atoms with Gasteiger partial charge < -0.3 is 4.90 Å². The van der Waals surface area contributed by atoms with Gasteiger partial charge in [-0.1, -0.05) is 22.9 Å². The second-order valence-corrected chi connectivity index (χ2v) is 8.43. The van der Waals surface area contributed by atoms with Gasteiger partial charge in [-0.3, -0.25) is 14.5 Å². The van der Waals surface area contributed by atoms with Crippen LogP contribution in [0.1, 0.15) is 32.6 Å². The first kappa shape index (κ1) is 24.3. The molecular weight excluding hydrogens is 460 g/mol. The summed E-state index contributed by atoms with van der Waals surface area (Å²) in [5.74, 6) is -1.06. The second-order valence-electron chi connectivity index (χ2n) is 7.06. The Morgan fingerprint density at radius 2 is 1.82 bits per heavy atom. The third-order valence-electron chi connectivity index (χ3n) is 5.24. The Morgan fingerprint density at radius 3 is 2.39 bits per heavy atom. The van der Waals surface area contributed by atoms with Crippen molar-refractivity contribution in [3.63, 3.8) is 0 Å². The zero-order chi connectivity index (χ0) is 24.1. The molecule has 1 aromatic carbocycles. The Balaban J connectivity index is 1.88. The summed E-state index contributed by atoms with van der Waals surface area (Å²) in [5.41, 5.74) is 2.28. The van der Waals surface area contributed by atoms with Gasteiger partial charge in [-0.2, -0.15) is 5.26 Å². The maximum Gasteiger partial charge on any atom is 0.271 e. The molecule has 170 valence electrons. The van der Waals surface area contributed by atoms with Crippen molar-refractivity contribution in [1.29, 1.82) is 5.26 Å². The van der Waals surface area contributed by atoms with E-state index in [4.69, 9.17) is 11.6 Å². The van der Waals surface area contributed by atoms with E-state index in [-0.39, 0.29) is 22.8 Å². The number of nitriles is 1. The van der Waals surface area contributed by atoms with Gasteiger partial charge in [0.1, 0.15) is 16.8 Å². The average Bonchev–Trinajstić information content (AvgIpc) is 3.16. The summed E-state index contributed by atoms with van der Waals surface area (Å²) in [7, 11) is 0. The molecule has 0 aliphatic carbocycles. The number of carbonyl (C=O) groups is 2. The van der Waals surface area contributed by atoms with E-state index in [2.05, 4.69) is 34.0 Å². The zero-order valence-electron chi connectivity index (χ0n) is 18.8. The van der Waals surface area contributed by atoms with Gasteiger partial charge >= 0.3 is 0 Å². The van der Waals surface area contributed by atoms with Gasteiger partial charge in [-0.15, -0.1) is 10.2 Å². The third kappa shape index (κ3) is 5.02. The van der Waals surface area contributed by atoms with E-state index in [9.17, 15) is 14.9 Å². The number of anilines is 1. The lowest BCUT2D eigenvalue weighted by Crippen LogP contribution is -2.42. The topological polar surface area (TPSA) is 102 Å². The Hall–Kier alpha value is -3.35. The van der Waals surface area contributed by atoms with Gasteiger partial charge in [0.25, 0.3) is 11.8 Å². The van der Waals surface area contributed by atoms with E-state index in [0.717, 1.165) is 35.0 Å². The number of imide groups is 1. The molecule has 0 bridgehead atoms. The Labute approximate surface area is 201 Å². The minimum Gasteiger partial charge on any atom is -0.372 e. The summed E-state index contributed by atoms with van der Waals surface area (Å²) in [4.78, 5) is 33.1. The van der Waals surface area contributed by atoms with Crippen molar-refractivity contribution < 1.29 is 9.59 Å². The summed E-state index contributed by atoms with van der Waals surface area (Å²) < 4.78 is 0. The minimum absolute atomic E-state index is 0.0589. The van der Waals surface area contributed by atoms with Crippen molar-refractivity contribution >= 4 is 57.3 Å². The fraction of sp³-hybridized carbons (Fsp3) is 0.304. The Kier molecular flexibility index (Phi) is 7.74. The van der Waals surface area contributed by atoms with E-state index >= 15 is 0 Å². The highest BCUT2D eigenvalue weighted by molar-refractivity contribution is 7.16. The average molecular weight is 483 g/mol. The maximum absolute atomic E-state index is 12.8. The number of aromatic nitrogens is 1. The van der Waals surface area contributed by atoms with Crippen LogP contribution in [-0.4, -0.2) is 41.3 Å². The number of benzene rings is 1. The fourth-order valence-corrected chi connectivity index (χ4v) is 4.42. The molecule has 33 heavy (non-hydrogen) atoms. The van der Waals surface area contributed by atoms with Crippen LogP contribution in [0, 0.1) is 11.3 Å². The van der Waals surface area contributed by atoms with Crippen molar-refractivity contribution in [1.82, 2.24) is 9.88 Å². The minimum atomic E-state index is -0.587. The molecule has 0 atom stereocenters. The molecule has 2 amide bonds. The highest BCUT2D eigenvalue weighted by Crippen LogP contribution is 2.35. The first-order valence-corrected chi connectivity index (χ1v) is 11.7. The number of nitrogens with zero attached hydrogens (tertiary/aromatic N) is 6. The summed E-state index contributed by atoms with van der Waals surface area (Å²) in [6.45, 7) is 9.46. The molecule has 0 spiro atoms. The van der Waals surface area contributed by atoms with Crippen molar-refractivity contribution in [2.45, 2.75) is 27.7 Å². The summed E-state index contributed by atoms with van der Waals surface area (Å²) in [6.07, 6.45) is 1.54. The highest BCUT2D eigenvalue weighted by Gasteiger charge is 2.34. The summed E-state index contributed by atoms with van der Waals surface area (Å²) in [6, 6.07) is 9.63. The van der Waals surface area contributed by atoms with Crippen LogP contribution in [0.5, 0.6) is 0 Å². The largest absolute Gasteiger partial charge is 0.372 e. The van der Waals surface area contributed by atoms with Crippen LogP contribution in [0.4, 0.5) is 16.5 Å². The van der Waals surface area contributed by atoms with Crippen LogP contribution >= 0.6 is 22.9 Å². The van der Waals surface area contributed by atoms with E-state index in [1.165, 1.54) is 0 Å². The number of halogens is 1. The quantitative estimate of drug-likeness (QED) is 0.287. The second kappa shape index (κ2) is 10.5. The molecule has 0 fully saturated rings. The lowest BCUT2D eigenvalue weighted by atomic mass is 9.95. The van der Waals surface area contributed by atoms with E-state index in [1.807, 2.05) is 30.3 Å². The van der Waals surface area contributed by atoms with Crippen molar-refractivity contribution in [2.75, 3.05) is 24.5 Å². The molecule has 0 saturated carbocycles. The number of carbonyl (C=O) groups excluding carboxylic acids is 2. The predicted octanol–water partition coefficient (Wildman–Crippen LogP) is 5.67. The van der Waals surface area contributed by atoms with Crippen LogP contribution in [-0.2, 0) is 9.59 Å². The van der Waals surface area contributed by atoms with Crippen molar-refractivity contribution in [2.24, 2.45) is 10.2 Å². The lowest BCUT2D eigenvalue weighted by Gasteiger charge is -2.26. The fourth-order valence-electron chi connectivity index (χ4n) is 3.40.